The Hall–Kier alpha value is -0.280. The van der Waals surface area contributed by atoms with Crippen LogP contribution in [0, 0.1) is 0 Å². The quantitative estimate of drug-likeness (QED) is 0.519. The molecule has 4 aliphatic heterocycles. The molecule has 8 atom stereocenters. The molecule has 5 aliphatic rings. The summed E-state index contributed by atoms with van der Waals surface area (Å²) in [5, 5.41) is 31.1. The second-order valence-corrected chi connectivity index (χ2v) is 6.88. The number of hydrogen-bond acceptors (Lipinski definition) is 7. The third kappa shape index (κ3) is 1.39. The molecule has 20 heavy (non-hydrogen) atoms. The summed E-state index contributed by atoms with van der Waals surface area (Å²) in [6.07, 6.45) is -4.69. The molecular formula is C13H20O7. The molecule has 0 amide bonds. The summed E-state index contributed by atoms with van der Waals surface area (Å²) in [6.45, 7) is 5.15. The first-order valence-corrected chi connectivity index (χ1v) is 6.96. The summed E-state index contributed by atoms with van der Waals surface area (Å²) in [4.78, 5) is 0. The summed E-state index contributed by atoms with van der Waals surface area (Å²) >= 11 is 0. The largest absolute Gasteiger partial charge is 0.390 e. The van der Waals surface area contributed by atoms with Crippen molar-refractivity contribution in [2.75, 3.05) is 0 Å². The van der Waals surface area contributed by atoms with Gasteiger partial charge in [0, 0.05) is 13.3 Å². The van der Waals surface area contributed by atoms with Crippen molar-refractivity contribution in [3.05, 3.63) is 0 Å². The Morgan fingerprint density at radius 2 is 1.60 bits per heavy atom. The van der Waals surface area contributed by atoms with Crippen LogP contribution in [-0.2, 0) is 18.9 Å². The number of aliphatic hydroxyl groups is 3. The Morgan fingerprint density at radius 3 is 2.30 bits per heavy atom. The first-order valence-electron chi connectivity index (χ1n) is 6.96. The van der Waals surface area contributed by atoms with Crippen LogP contribution in [-0.4, -0.2) is 69.1 Å². The topological polar surface area (TPSA) is 97.6 Å². The van der Waals surface area contributed by atoms with E-state index in [1.807, 2.05) is 0 Å². The molecule has 5 rings (SSSR count). The maximum atomic E-state index is 10.5. The molecule has 1 spiro atoms. The first kappa shape index (κ1) is 13.4. The normalized spacial score (nSPS) is 63.3. The minimum absolute atomic E-state index is 0.216. The molecule has 0 radical (unpaired) electrons. The van der Waals surface area contributed by atoms with Gasteiger partial charge in [-0.1, -0.05) is 0 Å². The highest BCUT2D eigenvalue weighted by Gasteiger charge is 2.75. The van der Waals surface area contributed by atoms with Gasteiger partial charge in [-0.25, -0.2) is 0 Å². The fourth-order valence-corrected chi connectivity index (χ4v) is 3.98. The van der Waals surface area contributed by atoms with Crippen LogP contribution in [0.5, 0.6) is 0 Å². The molecule has 4 heterocycles. The van der Waals surface area contributed by atoms with E-state index in [1.165, 1.54) is 0 Å². The van der Waals surface area contributed by atoms with Gasteiger partial charge in [0.2, 0.25) is 0 Å². The standard InChI is InChI=1S/C13H20O7/c1-11(2)5(14)4-13-9(16)7-6(15)8(10(13)19-11)18-12(3,17-7)20-13/h5-10,14-16H,4H2,1-3H3/t5-,6-,7?,8?,9?,10+,12?,13?/m1/s1. The van der Waals surface area contributed by atoms with Crippen LogP contribution in [0.4, 0.5) is 0 Å². The van der Waals surface area contributed by atoms with E-state index >= 15 is 0 Å². The molecule has 0 aromatic carbocycles. The number of hydrogen-bond donors (Lipinski definition) is 3. The van der Waals surface area contributed by atoms with Crippen molar-refractivity contribution >= 4 is 0 Å². The number of ether oxygens (including phenoxy) is 4. The van der Waals surface area contributed by atoms with Crippen LogP contribution in [0.15, 0.2) is 0 Å². The smallest absolute Gasteiger partial charge is 0.281 e. The predicted octanol–water partition coefficient (Wildman–Crippen LogP) is -1.12. The Balaban J connectivity index is 1.81. The molecular weight excluding hydrogens is 268 g/mol. The molecule has 7 nitrogen and oxygen atoms in total. The summed E-state index contributed by atoms with van der Waals surface area (Å²) in [5.41, 5.74) is -1.89. The second kappa shape index (κ2) is 3.55. The minimum atomic E-state index is -1.31. The molecule has 4 bridgehead atoms. The van der Waals surface area contributed by atoms with Crippen molar-refractivity contribution in [2.45, 2.75) is 81.0 Å². The summed E-state index contributed by atoms with van der Waals surface area (Å²) < 4.78 is 22.9. The van der Waals surface area contributed by atoms with E-state index in [0.29, 0.717) is 0 Å². The maximum Gasteiger partial charge on any atom is 0.281 e. The minimum Gasteiger partial charge on any atom is -0.390 e. The van der Waals surface area contributed by atoms with E-state index in [-0.39, 0.29) is 6.42 Å². The van der Waals surface area contributed by atoms with Crippen molar-refractivity contribution in [1.29, 1.82) is 0 Å². The molecule has 5 unspecified atom stereocenters. The van der Waals surface area contributed by atoms with Crippen molar-refractivity contribution in [3.63, 3.8) is 0 Å². The van der Waals surface area contributed by atoms with Crippen LogP contribution in [0.2, 0.25) is 0 Å². The Labute approximate surface area is 116 Å². The highest BCUT2D eigenvalue weighted by Crippen LogP contribution is 2.56. The zero-order chi connectivity index (χ0) is 14.5. The lowest BCUT2D eigenvalue weighted by Crippen LogP contribution is -2.86. The Kier molecular flexibility index (Phi) is 2.37. The van der Waals surface area contributed by atoms with Crippen LogP contribution in [0.1, 0.15) is 27.2 Å². The van der Waals surface area contributed by atoms with Crippen LogP contribution in [0.25, 0.3) is 0 Å². The fraction of sp³-hybridized carbons (Fsp3) is 1.00. The molecule has 1 aliphatic carbocycles. The van der Waals surface area contributed by atoms with E-state index in [0.717, 1.165) is 0 Å². The second-order valence-electron chi connectivity index (χ2n) is 6.88. The van der Waals surface area contributed by atoms with E-state index in [1.54, 1.807) is 20.8 Å². The van der Waals surface area contributed by atoms with Crippen molar-refractivity contribution < 1.29 is 34.3 Å². The van der Waals surface area contributed by atoms with Crippen molar-refractivity contribution in [2.24, 2.45) is 0 Å². The maximum absolute atomic E-state index is 10.5. The van der Waals surface area contributed by atoms with E-state index in [4.69, 9.17) is 18.9 Å². The van der Waals surface area contributed by atoms with Gasteiger partial charge in [0.05, 0.1) is 11.7 Å². The monoisotopic (exact) mass is 288 g/mol. The van der Waals surface area contributed by atoms with Crippen LogP contribution < -0.4 is 0 Å². The number of rotatable bonds is 0. The molecule has 114 valence electrons. The van der Waals surface area contributed by atoms with Crippen molar-refractivity contribution in [3.8, 4) is 0 Å². The van der Waals surface area contributed by atoms with E-state index in [2.05, 4.69) is 0 Å². The fourth-order valence-electron chi connectivity index (χ4n) is 3.98. The van der Waals surface area contributed by atoms with Gasteiger partial charge in [0.25, 0.3) is 5.97 Å². The van der Waals surface area contributed by atoms with Gasteiger partial charge in [-0.15, -0.1) is 0 Å². The van der Waals surface area contributed by atoms with E-state index in [9.17, 15) is 15.3 Å². The van der Waals surface area contributed by atoms with Gasteiger partial charge in [-0.2, -0.15) is 0 Å². The molecule has 3 N–H and O–H groups in total. The summed E-state index contributed by atoms with van der Waals surface area (Å²) in [7, 11) is 0. The average Bonchev–Trinajstić information content (AvgIpc) is 2.34. The molecule has 0 aromatic heterocycles. The first-order chi connectivity index (χ1) is 9.19. The lowest BCUT2D eigenvalue weighted by Gasteiger charge is -2.68. The molecule has 5 fully saturated rings. The lowest BCUT2D eigenvalue weighted by molar-refractivity contribution is -0.568. The van der Waals surface area contributed by atoms with Crippen LogP contribution >= 0.6 is 0 Å². The van der Waals surface area contributed by atoms with Crippen LogP contribution in [0.3, 0.4) is 0 Å². The van der Waals surface area contributed by atoms with Gasteiger partial charge in [0.15, 0.2) is 0 Å². The third-order valence-electron chi connectivity index (χ3n) is 5.09. The van der Waals surface area contributed by atoms with Gasteiger partial charge in [-0.05, 0) is 13.8 Å². The highest BCUT2D eigenvalue weighted by atomic mass is 16.9. The zero-order valence-electron chi connectivity index (χ0n) is 11.6. The van der Waals surface area contributed by atoms with Gasteiger partial charge >= 0.3 is 0 Å². The molecule has 7 heteroatoms. The zero-order valence-corrected chi connectivity index (χ0v) is 11.6. The highest BCUT2D eigenvalue weighted by molar-refractivity contribution is 5.19. The van der Waals surface area contributed by atoms with Crippen molar-refractivity contribution in [1.82, 2.24) is 0 Å². The van der Waals surface area contributed by atoms with E-state index < -0.39 is 53.8 Å². The molecule has 1 saturated carbocycles. The lowest BCUT2D eigenvalue weighted by atomic mass is 9.66. The third-order valence-corrected chi connectivity index (χ3v) is 5.09. The predicted molar refractivity (Wildman–Crippen MR) is 63.6 cm³/mol. The Morgan fingerprint density at radius 1 is 0.950 bits per heavy atom. The molecule has 4 saturated heterocycles. The summed E-state index contributed by atoms with van der Waals surface area (Å²) in [6, 6.07) is 0. The van der Waals surface area contributed by atoms with Gasteiger partial charge < -0.3 is 34.3 Å². The SMILES string of the molecule is CC12OC3C(O)C4(C[C@@H](O)C(C)(C)O[C@H]4C(O1)[C@@H]3O)O2. The average molecular weight is 288 g/mol. The molecule has 0 aromatic rings. The summed E-state index contributed by atoms with van der Waals surface area (Å²) in [5.74, 6) is -1.31. The van der Waals surface area contributed by atoms with Gasteiger partial charge in [0.1, 0.15) is 36.1 Å². The number of aliphatic hydroxyl groups excluding tert-OH is 3. The Bertz CT molecular complexity index is 454. The van der Waals surface area contributed by atoms with Gasteiger partial charge in [-0.3, -0.25) is 0 Å².